The summed E-state index contributed by atoms with van der Waals surface area (Å²) >= 11 is 0. The fourth-order valence-electron chi connectivity index (χ4n) is 0.809. The Hall–Kier alpha value is -1.45. The molecule has 0 unspecified atom stereocenters. The molecule has 0 saturated carbocycles. The molecule has 0 fully saturated rings. The first kappa shape index (κ1) is 9.64. The monoisotopic (exact) mass is 182 g/mol. The van der Waals surface area contributed by atoms with E-state index in [2.05, 4.69) is 10.3 Å². The van der Waals surface area contributed by atoms with Crippen LogP contribution in [0.25, 0.3) is 0 Å². The molecule has 0 aromatic carbocycles. The fraction of sp³-hybridized carbons (Fsp3) is 0.444. The van der Waals surface area contributed by atoms with E-state index in [4.69, 9.17) is 4.74 Å². The van der Waals surface area contributed by atoms with Gasteiger partial charge in [0.2, 0.25) is 5.88 Å². The highest BCUT2D eigenvalue weighted by Gasteiger charge is 2.15. The molecule has 0 aliphatic heterocycles. The van der Waals surface area contributed by atoms with Gasteiger partial charge in [0.15, 0.2) is 0 Å². The van der Waals surface area contributed by atoms with Crippen LogP contribution in [0.3, 0.4) is 0 Å². The number of ether oxygens (including phenoxy) is 1. The SMILES string of the molecule is CC(C)(C)NC(=O)Oc1ccc[nH]1. The van der Waals surface area contributed by atoms with Crippen LogP contribution in [-0.4, -0.2) is 16.6 Å². The van der Waals surface area contributed by atoms with Crippen LogP contribution in [0.2, 0.25) is 0 Å². The Morgan fingerprint density at radius 3 is 2.69 bits per heavy atom. The van der Waals surface area contributed by atoms with E-state index in [9.17, 15) is 4.79 Å². The van der Waals surface area contributed by atoms with E-state index in [-0.39, 0.29) is 5.54 Å². The molecule has 72 valence electrons. The van der Waals surface area contributed by atoms with Gasteiger partial charge < -0.3 is 15.0 Å². The van der Waals surface area contributed by atoms with Crippen LogP contribution < -0.4 is 10.1 Å². The molecule has 1 aromatic rings. The molecule has 0 atom stereocenters. The van der Waals surface area contributed by atoms with Crippen molar-refractivity contribution in [3.8, 4) is 5.88 Å². The number of hydrogen-bond acceptors (Lipinski definition) is 2. The highest BCUT2D eigenvalue weighted by molar-refractivity contribution is 5.70. The maximum atomic E-state index is 11.2. The number of hydrogen-bond donors (Lipinski definition) is 2. The predicted molar refractivity (Wildman–Crippen MR) is 49.7 cm³/mol. The van der Waals surface area contributed by atoms with Crippen molar-refractivity contribution in [3.63, 3.8) is 0 Å². The average Bonchev–Trinajstić information content (AvgIpc) is 2.34. The van der Waals surface area contributed by atoms with E-state index >= 15 is 0 Å². The molecule has 0 saturated heterocycles. The molecule has 1 aromatic heterocycles. The van der Waals surface area contributed by atoms with Crippen molar-refractivity contribution in [2.45, 2.75) is 26.3 Å². The first-order valence-electron chi connectivity index (χ1n) is 4.11. The topological polar surface area (TPSA) is 54.1 Å². The number of rotatable bonds is 1. The third kappa shape index (κ3) is 3.64. The molecule has 4 nitrogen and oxygen atoms in total. The molecule has 1 rings (SSSR count). The molecule has 1 heterocycles. The summed E-state index contributed by atoms with van der Waals surface area (Å²) in [7, 11) is 0. The molecular formula is C9H14N2O2. The molecule has 0 radical (unpaired) electrons. The van der Waals surface area contributed by atoms with Gasteiger partial charge in [-0.15, -0.1) is 0 Å². The van der Waals surface area contributed by atoms with Gasteiger partial charge in [-0.1, -0.05) is 0 Å². The van der Waals surface area contributed by atoms with E-state index in [1.807, 2.05) is 20.8 Å². The minimum atomic E-state index is -0.449. The van der Waals surface area contributed by atoms with Gasteiger partial charge in [-0.3, -0.25) is 0 Å². The molecule has 13 heavy (non-hydrogen) atoms. The number of carbonyl (C=O) groups excluding carboxylic acids is 1. The summed E-state index contributed by atoms with van der Waals surface area (Å²) in [6.07, 6.45) is 1.25. The van der Waals surface area contributed by atoms with Crippen molar-refractivity contribution < 1.29 is 9.53 Å². The molecule has 1 amide bonds. The highest BCUT2D eigenvalue weighted by Crippen LogP contribution is 2.06. The smallest absolute Gasteiger partial charge is 0.393 e. The Morgan fingerprint density at radius 2 is 2.23 bits per heavy atom. The van der Waals surface area contributed by atoms with E-state index < -0.39 is 6.09 Å². The summed E-state index contributed by atoms with van der Waals surface area (Å²) in [4.78, 5) is 13.9. The zero-order valence-electron chi connectivity index (χ0n) is 8.05. The minimum Gasteiger partial charge on any atom is -0.393 e. The third-order valence-corrected chi connectivity index (χ3v) is 1.25. The lowest BCUT2D eigenvalue weighted by Crippen LogP contribution is -2.42. The van der Waals surface area contributed by atoms with Crippen LogP contribution in [0.1, 0.15) is 20.8 Å². The van der Waals surface area contributed by atoms with Gasteiger partial charge >= 0.3 is 6.09 Å². The lowest BCUT2D eigenvalue weighted by molar-refractivity contribution is 0.189. The summed E-state index contributed by atoms with van der Waals surface area (Å²) < 4.78 is 4.92. The molecule has 0 bridgehead atoms. The van der Waals surface area contributed by atoms with Crippen molar-refractivity contribution in [2.24, 2.45) is 0 Å². The van der Waals surface area contributed by atoms with Gasteiger partial charge in [0.05, 0.1) is 0 Å². The number of aromatic amines is 1. The van der Waals surface area contributed by atoms with Gasteiger partial charge in [0.25, 0.3) is 0 Å². The van der Waals surface area contributed by atoms with Crippen LogP contribution >= 0.6 is 0 Å². The summed E-state index contributed by atoms with van der Waals surface area (Å²) in [5, 5.41) is 2.68. The van der Waals surface area contributed by atoms with Crippen LogP contribution in [0.4, 0.5) is 4.79 Å². The summed E-state index contributed by atoms with van der Waals surface area (Å²) in [6, 6.07) is 3.45. The normalized spacial score (nSPS) is 11.0. The fourth-order valence-corrected chi connectivity index (χ4v) is 0.809. The first-order valence-corrected chi connectivity index (χ1v) is 4.11. The molecule has 0 aliphatic carbocycles. The molecule has 0 spiro atoms. The standard InChI is InChI=1S/C9H14N2O2/c1-9(2,3)11-8(12)13-7-5-4-6-10-7/h4-6,10H,1-3H3,(H,11,12). The molecular weight excluding hydrogens is 168 g/mol. The van der Waals surface area contributed by atoms with E-state index in [1.165, 1.54) is 0 Å². The highest BCUT2D eigenvalue weighted by atomic mass is 16.6. The minimum absolute atomic E-state index is 0.274. The van der Waals surface area contributed by atoms with Crippen LogP contribution in [0.5, 0.6) is 5.88 Å². The van der Waals surface area contributed by atoms with Crippen molar-refractivity contribution >= 4 is 6.09 Å². The van der Waals surface area contributed by atoms with E-state index in [0.717, 1.165) is 0 Å². The Labute approximate surface area is 77.3 Å². The molecule has 0 aliphatic rings. The first-order chi connectivity index (χ1) is 5.97. The van der Waals surface area contributed by atoms with Crippen LogP contribution in [0, 0.1) is 0 Å². The number of amides is 1. The number of aromatic nitrogens is 1. The second kappa shape index (κ2) is 3.51. The zero-order valence-corrected chi connectivity index (χ0v) is 8.05. The average molecular weight is 182 g/mol. The predicted octanol–water partition coefficient (Wildman–Crippen LogP) is 1.90. The largest absolute Gasteiger partial charge is 0.414 e. The second-order valence-electron chi connectivity index (χ2n) is 3.80. The maximum Gasteiger partial charge on any atom is 0.414 e. The van der Waals surface area contributed by atoms with Crippen molar-refractivity contribution in [1.29, 1.82) is 0 Å². The Bertz CT molecular complexity index is 272. The number of carbonyl (C=O) groups is 1. The summed E-state index contributed by atoms with van der Waals surface area (Å²) in [5.74, 6) is 0.446. The summed E-state index contributed by atoms with van der Waals surface area (Å²) in [5.41, 5.74) is -0.274. The number of nitrogens with one attached hydrogen (secondary N) is 2. The Kier molecular flexibility index (Phi) is 2.60. The number of H-pyrrole nitrogens is 1. The molecule has 2 N–H and O–H groups in total. The van der Waals surface area contributed by atoms with Crippen LogP contribution in [0.15, 0.2) is 18.3 Å². The maximum absolute atomic E-state index is 11.2. The van der Waals surface area contributed by atoms with Crippen molar-refractivity contribution in [3.05, 3.63) is 18.3 Å². The summed E-state index contributed by atoms with van der Waals surface area (Å²) in [6.45, 7) is 5.68. The lowest BCUT2D eigenvalue weighted by Gasteiger charge is -2.19. The van der Waals surface area contributed by atoms with Gasteiger partial charge in [-0.2, -0.15) is 0 Å². The lowest BCUT2D eigenvalue weighted by atomic mass is 10.1. The van der Waals surface area contributed by atoms with Crippen LogP contribution in [-0.2, 0) is 0 Å². The van der Waals surface area contributed by atoms with Gasteiger partial charge in [0.1, 0.15) is 0 Å². The van der Waals surface area contributed by atoms with Crippen molar-refractivity contribution in [1.82, 2.24) is 10.3 Å². The van der Waals surface area contributed by atoms with Crippen molar-refractivity contribution in [2.75, 3.05) is 0 Å². The van der Waals surface area contributed by atoms with Gasteiger partial charge in [0, 0.05) is 17.8 Å². The van der Waals surface area contributed by atoms with E-state index in [0.29, 0.717) is 5.88 Å². The second-order valence-corrected chi connectivity index (χ2v) is 3.80. The van der Waals surface area contributed by atoms with E-state index in [1.54, 1.807) is 18.3 Å². The molecule has 4 heteroatoms. The Balaban J connectivity index is 2.43. The zero-order chi connectivity index (χ0) is 9.90. The van der Waals surface area contributed by atoms with Gasteiger partial charge in [-0.25, -0.2) is 4.79 Å². The quantitative estimate of drug-likeness (QED) is 0.697. The third-order valence-electron chi connectivity index (χ3n) is 1.25. The Morgan fingerprint density at radius 1 is 1.54 bits per heavy atom. The van der Waals surface area contributed by atoms with Gasteiger partial charge in [-0.05, 0) is 26.8 Å².